The van der Waals surface area contributed by atoms with Gasteiger partial charge in [-0.2, -0.15) is 0 Å². The molecule has 3 nitrogen and oxygen atoms in total. The van der Waals surface area contributed by atoms with E-state index in [0.29, 0.717) is 5.92 Å². The molecule has 4 heteroatoms. The second kappa shape index (κ2) is 8.90. The molecule has 1 heterocycles. The fourth-order valence-electron chi connectivity index (χ4n) is 1.57. The Morgan fingerprint density at radius 3 is 2.00 bits per heavy atom. The van der Waals surface area contributed by atoms with Crippen LogP contribution in [0.4, 0.5) is 0 Å². The third kappa shape index (κ3) is 4.64. The Hall–Kier alpha value is -1.11. The molecule has 0 aliphatic carbocycles. The number of rotatable bonds is 2. The molecule has 0 aliphatic heterocycles. The summed E-state index contributed by atoms with van der Waals surface area (Å²) < 4.78 is 0. The van der Waals surface area contributed by atoms with Gasteiger partial charge in [-0.3, -0.25) is 4.98 Å². The smallest absolute Gasteiger partial charge is 0.870 e. The summed E-state index contributed by atoms with van der Waals surface area (Å²) in [5.41, 5.74) is 3.59. The van der Waals surface area contributed by atoms with E-state index in [9.17, 15) is 0 Å². The largest absolute Gasteiger partial charge is 1.00 e. The van der Waals surface area contributed by atoms with Gasteiger partial charge in [0.25, 0.3) is 0 Å². The van der Waals surface area contributed by atoms with Crippen molar-refractivity contribution in [3.8, 4) is 11.3 Å². The van der Waals surface area contributed by atoms with Gasteiger partial charge in [-0.25, -0.2) is 0 Å². The quantitative estimate of drug-likeness (QED) is 0.685. The van der Waals surface area contributed by atoms with Gasteiger partial charge in [0.05, 0.1) is 5.69 Å². The van der Waals surface area contributed by atoms with Crippen molar-refractivity contribution in [3.63, 3.8) is 0 Å². The van der Waals surface area contributed by atoms with E-state index in [1.54, 1.807) is 0 Å². The van der Waals surface area contributed by atoms with Crippen molar-refractivity contribution >= 4 is 0 Å². The van der Waals surface area contributed by atoms with E-state index in [1.807, 2.05) is 24.4 Å². The Labute approximate surface area is 120 Å². The third-order valence-corrected chi connectivity index (χ3v) is 2.54. The number of pyridine rings is 1. The van der Waals surface area contributed by atoms with E-state index in [4.69, 9.17) is 0 Å². The van der Waals surface area contributed by atoms with E-state index in [0.717, 1.165) is 5.69 Å². The molecular weight excluding hydrogens is 221 g/mol. The minimum Gasteiger partial charge on any atom is -0.870 e. The van der Waals surface area contributed by atoms with Crippen LogP contribution in [-0.2, 0) is 0 Å². The maximum Gasteiger partial charge on any atom is 1.00 e. The van der Waals surface area contributed by atoms with Crippen LogP contribution in [0.2, 0.25) is 0 Å². The number of benzene rings is 1. The van der Waals surface area contributed by atoms with Gasteiger partial charge in [-0.05, 0) is 23.6 Å². The number of hydrogen-bond acceptors (Lipinski definition) is 2. The van der Waals surface area contributed by atoms with E-state index in [1.165, 1.54) is 11.1 Å². The van der Waals surface area contributed by atoms with Gasteiger partial charge in [-0.15, -0.1) is 0 Å². The van der Waals surface area contributed by atoms with Crippen LogP contribution in [0.5, 0.6) is 0 Å². The van der Waals surface area contributed by atoms with E-state index in [-0.39, 0.29) is 29.8 Å². The van der Waals surface area contributed by atoms with Crippen molar-refractivity contribution in [2.45, 2.75) is 19.8 Å². The monoisotopic (exact) mass is 239 g/mol. The summed E-state index contributed by atoms with van der Waals surface area (Å²) in [6, 6.07) is 14.6. The number of aromatic nitrogens is 1. The summed E-state index contributed by atoms with van der Waals surface area (Å²) in [5, 5.41) is 0. The first-order valence-electron chi connectivity index (χ1n) is 5.29. The van der Waals surface area contributed by atoms with Crippen molar-refractivity contribution in [2.24, 2.45) is 0 Å². The molecule has 0 atom stereocenters. The maximum atomic E-state index is 4.32. The third-order valence-electron chi connectivity index (χ3n) is 2.54. The molecule has 0 fully saturated rings. The molecule has 0 aliphatic rings. The zero-order valence-electron chi connectivity index (χ0n) is 11.1. The Morgan fingerprint density at radius 1 is 0.944 bits per heavy atom. The van der Waals surface area contributed by atoms with Crippen LogP contribution < -0.4 is 18.9 Å². The summed E-state index contributed by atoms with van der Waals surface area (Å²) in [6.07, 6.45) is 1.83. The van der Waals surface area contributed by atoms with Gasteiger partial charge in [0.1, 0.15) is 0 Å². The second-order valence-electron chi connectivity index (χ2n) is 3.99. The first kappa shape index (κ1) is 19.2. The Balaban J connectivity index is 0. The van der Waals surface area contributed by atoms with Crippen molar-refractivity contribution < 1.29 is 29.8 Å². The van der Waals surface area contributed by atoms with Gasteiger partial charge >= 0.3 is 18.9 Å². The molecule has 0 unspecified atom stereocenters. The molecule has 18 heavy (non-hydrogen) atoms. The Bertz CT molecular complexity index is 429. The molecule has 1 aromatic heterocycles. The van der Waals surface area contributed by atoms with Crippen LogP contribution in [0.15, 0.2) is 48.7 Å². The molecule has 0 bridgehead atoms. The first-order chi connectivity index (χ1) is 7.27. The maximum absolute atomic E-state index is 4.32. The predicted molar refractivity (Wildman–Crippen MR) is 69.3 cm³/mol. The zero-order valence-corrected chi connectivity index (χ0v) is 11.1. The van der Waals surface area contributed by atoms with Gasteiger partial charge in [0.2, 0.25) is 0 Å². The standard InChI is InChI=1S/C14H15N.Li.2H2O/c1-11(2)12-6-8-13(9-7-12)14-5-3-4-10-15-14;;;/h3-11H,1-2H3;;2*1H2/q;+1;;/p-1. The molecule has 0 spiro atoms. The summed E-state index contributed by atoms with van der Waals surface area (Å²) >= 11 is 0. The van der Waals surface area contributed by atoms with Crippen molar-refractivity contribution in [1.29, 1.82) is 0 Å². The SMILES string of the molecule is CC(C)c1ccc(-c2ccccn2)cc1.O.[Li+].[OH-]. The Kier molecular flexibility index (Phi) is 9.51. The van der Waals surface area contributed by atoms with E-state index in [2.05, 4.69) is 43.1 Å². The predicted octanol–water partition coefficient (Wildman–Crippen LogP) is -0.126. The second-order valence-corrected chi connectivity index (χ2v) is 3.99. The molecule has 2 aromatic rings. The van der Waals surface area contributed by atoms with Gasteiger partial charge < -0.3 is 11.0 Å². The average molecular weight is 239 g/mol. The van der Waals surface area contributed by atoms with Crippen LogP contribution in [0, 0.1) is 0 Å². The number of nitrogens with zero attached hydrogens (tertiary/aromatic N) is 1. The molecule has 3 N–H and O–H groups in total. The van der Waals surface area contributed by atoms with Crippen LogP contribution in [0.3, 0.4) is 0 Å². The van der Waals surface area contributed by atoms with Crippen LogP contribution in [-0.4, -0.2) is 15.9 Å². The topological polar surface area (TPSA) is 74.4 Å². The van der Waals surface area contributed by atoms with E-state index < -0.39 is 0 Å². The molecule has 1 aromatic carbocycles. The van der Waals surface area contributed by atoms with Crippen LogP contribution in [0.25, 0.3) is 11.3 Å². The zero-order chi connectivity index (χ0) is 10.7. The van der Waals surface area contributed by atoms with Crippen LogP contribution >= 0.6 is 0 Å². The van der Waals surface area contributed by atoms with E-state index >= 15 is 0 Å². The van der Waals surface area contributed by atoms with Crippen molar-refractivity contribution in [2.75, 3.05) is 0 Å². The number of hydrogen-bond donors (Lipinski definition) is 0. The minimum atomic E-state index is 0. The molecular formula is C14H18LiNO2. The Morgan fingerprint density at radius 2 is 1.56 bits per heavy atom. The molecule has 2 rings (SSSR count). The molecule has 0 radical (unpaired) electrons. The fraction of sp³-hybridized carbons (Fsp3) is 0.214. The normalized spacial score (nSPS) is 8.83. The van der Waals surface area contributed by atoms with Gasteiger partial charge in [0.15, 0.2) is 0 Å². The molecule has 92 valence electrons. The first-order valence-corrected chi connectivity index (χ1v) is 5.29. The van der Waals surface area contributed by atoms with Crippen molar-refractivity contribution in [3.05, 3.63) is 54.2 Å². The summed E-state index contributed by atoms with van der Waals surface area (Å²) in [5.74, 6) is 0.586. The summed E-state index contributed by atoms with van der Waals surface area (Å²) in [7, 11) is 0. The minimum absolute atomic E-state index is 0. The van der Waals surface area contributed by atoms with Gasteiger partial charge in [0, 0.05) is 11.8 Å². The van der Waals surface area contributed by atoms with Crippen molar-refractivity contribution in [1.82, 2.24) is 4.98 Å². The average Bonchev–Trinajstić information content (AvgIpc) is 2.30. The summed E-state index contributed by atoms with van der Waals surface area (Å²) in [6.45, 7) is 4.41. The molecule has 0 saturated carbocycles. The molecule has 0 saturated heterocycles. The van der Waals surface area contributed by atoms with Crippen LogP contribution in [0.1, 0.15) is 25.3 Å². The fourth-order valence-corrected chi connectivity index (χ4v) is 1.57. The summed E-state index contributed by atoms with van der Waals surface area (Å²) in [4.78, 5) is 4.32. The molecule has 0 amide bonds. The van der Waals surface area contributed by atoms with Gasteiger partial charge in [-0.1, -0.05) is 44.2 Å².